The molecule has 2 heteroatoms. The van der Waals surface area contributed by atoms with Gasteiger partial charge in [-0.05, 0) is 29.2 Å². The molecule has 0 spiro atoms. The van der Waals surface area contributed by atoms with Gasteiger partial charge in [0.1, 0.15) is 0 Å². The minimum atomic E-state index is -0.177. The number of benzene rings is 1. The number of aliphatic hydroxyl groups excluding tert-OH is 1. The van der Waals surface area contributed by atoms with E-state index in [2.05, 4.69) is 61.8 Å². The summed E-state index contributed by atoms with van der Waals surface area (Å²) in [6, 6.07) is 6.32. The molecule has 0 bridgehead atoms. The Hall–Kier alpha value is -0.340. The van der Waals surface area contributed by atoms with E-state index in [-0.39, 0.29) is 12.0 Å². The van der Waals surface area contributed by atoms with Crippen LogP contribution in [0.4, 0.5) is 0 Å². The van der Waals surface area contributed by atoms with Crippen molar-refractivity contribution in [2.75, 3.05) is 6.61 Å². The molecule has 0 saturated heterocycles. The van der Waals surface area contributed by atoms with E-state index in [0.717, 1.165) is 4.47 Å². The maximum absolute atomic E-state index is 9.43. The molecule has 0 amide bonds. The standard InChI is InChI=1S/C13H19BrO/c1-9(2)11-6-5-10(14)7-12(11)13(3,4)8-15/h5-7,9,15H,8H2,1-4H3. The van der Waals surface area contributed by atoms with E-state index in [4.69, 9.17) is 0 Å². The Morgan fingerprint density at radius 1 is 1.33 bits per heavy atom. The van der Waals surface area contributed by atoms with Crippen LogP contribution in [-0.2, 0) is 5.41 Å². The first-order chi connectivity index (χ1) is 6.88. The van der Waals surface area contributed by atoms with Gasteiger partial charge in [0, 0.05) is 9.89 Å². The monoisotopic (exact) mass is 270 g/mol. The molecule has 1 aromatic carbocycles. The molecule has 84 valence electrons. The molecule has 15 heavy (non-hydrogen) atoms. The highest BCUT2D eigenvalue weighted by Gasteiger charge is 2.23. The average molecular weight is 271 g/mol. The highest BCUT2D eigenvalue weighted by molar-refractivity contribution is 9.10. The van der Waals surface area contributed by atoms with E-state index in [9.17, 15) is 5.11 Å². The quantitative estimate of drug-likeness (QED) is 0.885. The molecule has 0 aliphatic rings. The van der Waals surface area contributed by atoms with Crippen LogP contribution >= 0.6 is 15.9 Å². The molecule has 0 saturated carbocycles. The third-order valence-corrected chi connectivity index (χ3v) is 3.26. The van der Waals surface area contributed by atoms with E-state index in [1.807, 2.05) is 0 Å². The summed E-state index contributed by atoms with van der Waals surface area (Å²) in [6.45, 7) is 8.67. The highest BCUT2D eigenvalue weighted by atomic mass is 79.9. The van der Waals surface area contributed by atoms with Gasteiger partial charge in [0.2, 0.25) is 0 Å². The van der Waals surface area contributed by atoms with Crippen LogP contribution in [-0.4, -0.2) is 11.7 Å². The Morgan fingerprint density at radius 2 is 1.93 bits per heavy atom. The van der Waals surface area contributed by atoms with Crippen LogP contribution in [0.2, 0.25) is 0 Å². The van der Waals surface area contributed by atoms with Crippen LogP contribution < -0.4 is 0 Å². The fourth-order valence-electron chi connectivity index (χ4n) is 1.70. The van der Waals surface area contributed by atoms with Gasteiger partial charge in [-0.3, -0.25) is 0 Å². The van der Waals surface area contributed by atoms with E-state index in [1.165, 1.54) is 11.1 Å². The lowest BCUT2D eigenvalue weighted by molar-refractivity contribution is 0.217. The predicted molar refractivity (Wildman–Crippen MR) is 68.3 cm³/mol. The van der Waals surface area contributed by atoms with Crippen molar-refractivity contribution in [2.45, 2.75) is 39.0 Å². The van der Waals surface area contributed by atoms with Crippen LogP contribution in [0, 0.1) is 0 Å². The molecule has 0 aliphatic carbocycles. The largest absolute Gasteiger partial charge is 0.395 e. The number of rotatable bonds is 3. The Bertz CT molecular complexity index is 342. The number of aliphatic hydroxyl groups is 1. The lowest BCUT2D eigenvalue weighted by atomic mass is 9.80. The topological polar surface area (TPSA) is 20.2 Å². The number of hydrogen-bond acceptors (Lipinski definition) is 1. The first-order valence-corrected chi connectivity index (χ1v) is 6.08. The van der Waals surface area contributed by atoms with Gasteiger partial charge in [-0.2, -0.15) is 0 Å². The molecular weight excluding hydrogens is 252 g/mol. The molecule has 1 N–H and O–H groups in total. The Balaban J connectivity index is 3.30. The minimum Gasteiger partial charge on any atom is -0.395 e. The predicted octanol–water partition coefficient (Wildman–Crippen LogP) is 3.84. The molecule has 1 aromatic rings. The normalized spacial score (nSPS) is 12.2. The smallest absolute Gasteiger partial charge is 0.0522 e. The maximum atomic E-state index is 9.43. The Kier molecular flexibility index (Phi) is 3.96. The van der Waals surface area contributed by atoms with E-state index < -0.39 is 0 Å². The Labute approximate surface area is 101 Å². The van der Waals surface area contributed by atoms with Gasteiger partial charge in [0.05, 0.1) is 6.61 Å². The SMILES string of the molecule is CC(C)c1ccc(Br)cc1C(C)(C)CO. The van der Waals surface area contributed by atoms with Gasteiger partial charge in [0.15, 0.2) is 0 Å². The maximum Gasteiger partial charge on any atom is 0.0522 e. The minimum absolute atomic E-state index is 0.170. The zero-order chi connectivity index (χ0) is 11.6. The zero-order valence-electron chi connectivity index (χ0n) is 9.84. The molecular formula is C13H19BrO. The third kappa shape index (κ3) is 2.82. The average Bonchev–Trinajstić information content (AvgIpc) is 2.17. The van der Waals surface area contributed by atoms with E-state index in [1.54, 1.807) is 0 Å². The summed E-state index contributed by atoms with van der Waals surface area (Å²) >= 11 is 3.49. The van der Waals surface area contributed by atoms with Crippen molar-refractivity contribution in [1.82, 2.24) is 0 Å². The van der Waals surface area contributed by atoms with Crippen LogP contribution in [0.25, 0.3) is 0 Å². The summed E-state index contributed by atoms with van der Waals surface area (Å²) in [7, 11) is 0. The lowest BCUT2D eigenvalue weighted by Gasteiger charge is -2.27. The second kappa shape index (κ2) is 4.67. The fourth-order valence-corrected chi connectivity index (χ4v) is 2.06. The van der Waals surface area contributed by atoms with Gasteiger partial charge < -0.3 is 5.11 Å². The van der Waals surface area contributed by atoms with Crippen LogP contribution in [0.1, 0.15) is 44.7 Å². The first kappa shape index (κ1) is 12.7. The molecule has 0 radical (unpaired) electrons. The summed E-state index contributed by atoms with van der Waals surface area (Å²) in [5.41, 5.74) is 2.37. The second-order valence-electron chi connectivity index (χ2n) is 4.93. The van der Waals surface area contributed by atoms with Gasteiger partial charge in [-0.1, -0.05) is 49.7 Å². The van der Waals surface area contributed by atoms with Gasteiger partial charge in [-0.15, -0.1) is 0 Å². The van der Waals surface area contributed by atoms with Gasteiger partial charge >= 0.3 is 0 Å². The highest BCUT2D eigenvalue weighted by Crippen LogP contribution is 2.32. The van der Waals surface area contributed by atoms with Crippen LogP contribution in [0.3, 0.4) is 0 Å². The zero-order valence-corrected chi connectivity index (χ0v) is 11.4. The van der Waals surface area contributed by atoms with Crippen molar-refractivity contribution < 1.29 is 5.11 Å². The van der Waals surface area contributed by atoms with Crippen molar-refractivity contribution in [3.8, 4) is 0 Å². The summed E-state index contributed by atoms with van der Waals surface area (Å²) in [6.07, 6.45) is 0. The molecule has 0 fully saturated rings. The van der Waals surface area contributed by atoms with Crippen molar-refractivity contribution in [3.05, 3.63) is 33.8 Å². The molecule has 0 aliphatic heterocycles. The summed E-state index contributed by atoms with van der Waals surface area (Å²) in [5.74, 6) is 0.485. The Morgan fingerprint density at radius 3 is 2.40 bits per heavy atom. The van der Waals surface area contributed by atoms with Gasteiger partial charge in [0.25, 0.3) is 0 Å². The molecule has 0 heterocycles. The van der Waals surface area contributed by atoms with Crippen molar-refractivity contribution in [2.24, 2.45) is 0 Å². The van der Waals surface area contributed by atoms with Crippen molar-refractivity contribution >= 4 is 15.9 Å². The summed E-state index contributed by atoms with van der Waals surface area (Å²) < 4.78 is 1.07. The van der Waals surface area contributed by atoms with Crippen LogP contribution in [0.5, 0.6) is 0 Å². The number of hydrogen-bond donors (Lipinski definition) is 1. The van der Waals surface area contributed by atoms with Gasteiger partial charge in [-0.25, -0.2) is 0 Å². The van der Waals surface area contributed by atoms with Crippen LogP contribution in [0.15, 0.2) is 22.7 Å². The fraction of sp³-hybridized carbons (Fsp3) is 0.538. The molecule has 0 atom stereocenters. The third-order valence-electron chi connectivity index (χ3n) is 2.76. The summed E-state index contributed by atoms with van der Waals surface area (Å²) in [5, 5.41) is 9.43. The number of halogens is 1. The first-order valence-electron chi connectivity index (χ1n) is 5.29. The summed E-state index contributed by atoms with van der Waals surface area (Å²) in [4.78, 5) is 0. The molecule has 0 aromatic heterocycles. The molecule has 1 rings (SSSR count). The van der Waals surface area contributed by atoms with E-state index >= 15 is 0 Å². The molecule has 1 nitrogen and oxygen atoms in total. The van der Waals surface area contributed by atoms with Crippen molar-refractivity contribution in [1.29, 1.82) is 0 Å². The second-order valence-corrected chi connectivity index (χ2v) is 5.84. The van der Waals surface area contributed by atoms with E-state index in [0.29, 0.717) is 5.92 Å². The van der Waals surface area contributed by atoms with Crippen molar-refractivity contribution in [3.63, 3.8) is 0 Å². The lowest BCUT2D eigenvalue weighted by Crippen LogP contribution is -2.24. The molecule has 0 unspecified atom stereocenters.